The maximum atomic E-state index is 12.7. The van der Waals surface area contributed by atoms with E-state index in [4.69, 9.17) is 0 Å². The fourth-order valence-corrected chi connectivity index (χ4v) is 4.13. The van der Waals surface area contributed by atoms with Gasteiger partial charge in [-0.15, -0.1) is 11.3 Å². The molecule has 124 valence electrons. The van der Waals surface area contributed by atoms with E-state index in [-0.39, 0.29) is 18.7 Å². The van der Waals surface area contributed by atoms with Crippen molar-refractivity contribution in [2.24, 2.45) is 5.92 Å². The van der Waals surface area contributed by atoms with E-state index in [1.165, 1.54) is 0 Å². The first kappa shape index (κ1) is 17.2. The van der Waals surface area contributed by atoms with Gasteiger partial charge in [0.1, 0.15) is 5.01 Å². The number of aliphatic hydroxyl groups excluding tert-OH is 1. The third kappa shape index (κ3) is 3.60. The lowest BCUT2D eigenvalue weighted by atomic mass is 9.87. The number of urea groups is 1. The number of likely N-dealkylation sites (tertiary alicyclic amines) is 1. The minimum absolute atomic E-state index is 0.0311. The molecule has 1 saturated heterocycles. The summed E-state index contributed by atoms with van der Waals surface area (Å²) in [4.78, 5) is 20.0. The molecule has 2 N–H and O–H groups in total. The van der Waals surface area contributed by atoms with E-state index in [2.05, 4.69) is 24.1 Å². The zero-order chi connectivity index (χ0) is 16.3. The van der Waals surface area contributed by atoms with Crippen molar-refractivity contribution in [1.82, 2.24) is 15.2 Å². The fraction of sp³-hybridized carbons (Fsp3) is 0.750. The van der Waals surface area contributed by atoms with Crippen LogP contribution < -0.4 is 5.32 Å². The summed E-state index contributed by atoms with van der Waals surface area (Å²) in [5, 5.41) is 13.9. The van der Waals surface area contributed by atoms with Crippen LogP contribution in [0.4, 0.5) is 4.79 Å². The summed E-state index contributed by atoms with van der Waals surface area (Å²) in [6, 6.07) is -0.199. The van der Waals surface area contributed by atoms with Crippen LogP contribution in [0.5, 0.6) is 0 Å². The van der Waals surface area contributed by atoms with Crippen LogP contribution in [0.15, 0.2) is 6.20 Å². The van der Waals surface area contributed by atoms with Crippen molar-refractivity contribution in [3.05, 3.63) is 16.1 Å². The normalized spacial score (nSPS) is 23.1. The van der Waals surface area contributed by atoms with Crippen LogP contribution in [-0.2, 0) is 0 Å². The molecule has 0 radical (unpaired) electrons. The van der Waals surface area contributed by atoms with Crippen LogP contribution in [0.25, 0.3) is 0 Å². The van der Waals surface area contributed by atoms with E-state index < -0.39 is 5.54 Å². The molecule has 0 bridgehead atoms. The van der Waals surface area contributed by atoms with Gasteiger partial charge in [-0.1, -0.05) is 13.8 Å². The second-order valence-electron chi connectivity index (χ2n) is 6.72. The van der Waals surface area contributed by atoms with Crippen molar-refractivity contribution in [3.63, 3.8) is 0 Å². The van der Waals surface area contributed by atoms with Crippen LogP contribution in [-0.4, -0.2) is 39.7 Å². The molecule has 2 amide bonds. The Morgan fingerprint density at radius 2 is 2.27 bits per heavy atom. The molecule has 2 heterocycles. The van der Waals surface area contributed by atoms with Crippen LogP contribution in [0.2, 0.25) is 0 Å². The quantitative estimate of drug-likeness (QED) is 0.874. The predicted molar refractivity (Wildman–Crippen MR) is 89.0 cm³/mol. The van der Waals surface area contributed by atoms with Gasteiger partial charge in [0.15, 0.2) is 0 Å². The van der Waals surface area contributed by atoms with Gasteiger partial charge in [-0.05, 0) is 39.0 Å². The Balaban J connectivity index is 2.07. The molecule has 5 nitrogen and oxygen atoms in total. The highest BCUT2D eigenvalue weighted by atomic mass is 32.1. The summed E-state index contributed by atoms with van der Waals surface area (Å²) < 4.78 is 0. The van der Waals surface area contributed by atoms with Crippen molar-refractivity contribution in [2.45, 2.75) is 58.5 Å². The zero-order valence-corrected chi connectivity index (χ0v) is 14.7. The zero-order valence-electron chi connectivity index (χ0n) is 13.9. The molecule has 0 aromatic carbocycles. The highest BCUT2D eigenvalue weighted by molar-refractivity contribution is 7.11. The lowest BCUT2D eigenvalue weighted by Crippen LogP contribution is -2.54. The van der Waals surface area contributed by atoms with E-state index >= 15 is 0 Å². The molecule has 1 fully saturated rings. The number of nitrogens with one attached hydrogen (secondary N) is 1. The summed E-state index contributed by atoms with van der Waals surface area (Å²) in [5.74, 6) is 0.444. The van der Waals surface area contributed by atoms with Gasteiger partial charge in [0.05, 0.1) is 18.2 Å². The number of hydrogen-bond acceptors (Lipinski definition) is 4. The first-order valence-electron chi connectivity index (χ1n) is 7.99. The smallest absolute Gasteiger partial charge is 0.318 e. The molecule has 1 aliphatic heterocycles. The molecule has 0 aliphatic carbocycles. The van der Waals surface area contributed by atoms with Gasteiger partial charge >= 0.3 is 6.03 Å². The van der Waals surface area contributed by atoms with Crippen molar-refractivity contribution >= 4 is 17.4 Å². The van der Waals surface area contributed by atoms with Crippen molar-refractivity contribution in [2.75, 3.05) is 13.2 Å². The number of carbonyl (C=O) groups is 1. The number of aromatic nitrogens is 1. The van der Waals surface area contributed by atoms with Gasteiger partial charge in [-0.2, -0.15) is 0 Å². The molecule has 1 aliphatic rings. The predicted octanol–water partition coefficient (Wildman–Crippen LogP) is 3.10. The van der Waals surface area contributed by atoms with Crippen LogP contribution in [0.1, 0.15) is 56.0 Å². The van der Waals surface area contributed by atoms with Crippen LogP contribution >= 0.6 is 11.3 Å². The Labute approximate surface area is 136 Å². The van der Waals surface area contributed by atoms with Crippen molar-refractivity contribution < 1.29 is 9.90 Å². The lowest BCUT2D eigenvalue weighted by Gasteiger charge is -2.38. The van der Waals surface area contributed by atoms with Gasteiger partial charge in [-0.3, -0.25) is 0 Å². The summed E-state index contributed by atoms with van der Waals surface area (Å²) in [7, 11) is 0. The van der Waals surface area contributed by atoms with Gasteiger partial charge in [0.25, 0.3) is 0 Å². The Bertz CT molecular complexity index is 517. The Hall–Kier alpha value is -1.14. The minimum atomic E-state index is -0.406. The monoisotopic (exact) mass is 325 g/mol. The van der Waals surface area contributed by atoms with Crippen LogP contribution in [0.3, 0.4) is 0 Å². The SMILES string of the molecule is Cc1cnc(C(C)NC(=O)N2CCCC2(CO)CC(C)C)s1. The average Bonchev–Trinajstić information content (AvgIpc) is 3.05. The summed E-state index contributed by atoms with van der Waals surface area (Å²) in [6.45, 7) is 8.97. The van der Waals surface area contributed by atoms with E-state index in [1.807, 2.05) is 24.9 Å². The number of carbonyl (C=O) groups excluding carboxylic acids is 1. The first-order valence-corrected chi connectivity index (χ1v) is 8.81. The standard InChI is InChI=1S/C16H27N3O2S/c1-11(2)8-16(10-20)6-5-7-19(16)15(21)18-13(4)14-17-9-12(3)22-14/h9,11,13,20H,5-8,10H2,1-4H3,(H,18,21). The number of rotatable bonds is 5. The largest absolute Gasteiger partial charge is 0.394 e. The van der Waals surface area contributed by atoms with Crippen molar-refractivity contribution in [1.29, 1.82) is 0 Å². The Morgan fingerprint density at radius 1 is 1.55 bits per heavy atom. The molecular weight excluding hydrogens is 298 g/mol. The van der Waals surface area contributed by atoms with Gasteiger partial charge in [0.2, 0.25) is 0 Å². The lowest BCUT2D eigenvalue weighted by molar-refractivity contribution is 0.0667. The molecule has 2 atom stereocenters. The number of thiazole rings is 1. The molecule has 0 saturated carbocycles. The number of hydrogen-bond donors (Lipinski definition) is 2. The van der Waals surface area contributed by atoms with Gasteiger partial charge in [-0.25, -0.2) is 9.78 Å². The molecule has 0 spiro atoms. The topological polar surface area (TPSA) is 65.5 Å². The number of aliphatic hydroxyl groups is 1. The first-order chi connectivity index (χ1) is 10.4. The minimum Gasteiger partial charge on any atom is -0.394 e. The van der Waals surface area contributed by atoms with Crippen LogP contribution in [0, 0.1) is 12.8 Å². The Morgan fingerprint density at radius 3 is 2.82 bits per heavy atom. The summed E-state index contributed by atoms with van der Waals surface area (Å²) >= 11 is 1.60. The maximum Gasteiger partial charge on any atom is 0.318 e. The molecule has 1 aromatic rings. The van der Waals surface area contributed by atoms with Gasteiger partial charge < -0.3 is 15.3 Å². The molecule has 2 rings (SSSR count). The third-order valence-corrected chi connectivity index (χ3v) is 5.37. The van der Waals surface area contributed by atoms with Crippen molar-refractivity contribution in [3.8, 4) is 0 Å². The molecule has 1 aromatic heterocycles. The summed E-state index contributed by atoms with van der Waals surface area (Å²) in [6.07, 6.45) is 4.49. The summed E-state index contributed by atoms with van der Waals surface area (Å²) in [5.41, 5.74) is -0.406. The highest BCUT2D eigenvalue weighted by Crippen LogP contribution is 2.35. The molecule has 6 heteroatoms. The highest BCUT2D eigenvalue weighted by Gasteiger charge is 2.43. The third-order valence-electron chi connectivity index (χ3n) is 4.27. The maximum absolute atomic E-state index is 12.7. The average molecular weight is 325 g/mol. The molecular formula is C16H27N3O2S. The number of aryl methyl sites for hydroxylation is 1. The molecule has 22 heavy (non-hydrogen) atoms. The fourth-order valence-electron chi connectivity index (χ4n) is 3.35. The number of amides is 2. The Kier molecular flexibility index (Phi) is 5.45. The van der Waals surface area contributed by atoms with E-state index in [0.29, 0.717) is 12.5 Å². The number of nitrogens with zero attached hydrogens (tertiary/aromatic N) is 2. The molecule has 2 unspecified atom stereocenters. The van der Waals surface area contributed by atoms with E-state index in [9.17, 15) is 9.90 Å². The second kappa shape index (κ2) is 6.96. The van der Waals surface area contributed by atoms with Gasteiger partial charge in [0, 0.05) is 17.6 Å². The van der Waals surface area contributed by atoms with E-state index in [1.54, 1.807) is 11.3 Å². The second-order valence-corrected chi connectivity index (χ2v) is 7.98. The van der Waals surface area contributed by atoms with E-state index in [0.717, 1.165) is 29.1 Å².